The Morgan fingerprint density at radius 1 is 1.06 bits per heavy atom. The van der Waals surface area contributed by atoms with E-state index in [0.717, 1.165) is 49.2 Å². The third-order valence-corrected chi connectivity index (χ3v) is 6.28. The van der Waals surface area contributed by atoms with Crippen LogP contribution in [0.5, 0.6) is 5.88 Å². The van der Waals surface area contributed by atoms with Crippen LogP contribution in [-0.4, -0.2) is 66.7 Å². The molecule has 6 nitrogen and oxygen atoms in total. The Balaban J connectivity index is 1.44. The van der Waals surface area contributed by atoms with Gasteiger partial charge in [-0.1, -0.05) is 48.5 Å². The van der Waals surface area contributed by atoms with Crippen molar-refractivity contribution < 1.29 is 9.53 Å². The zero-order valence-electron chi connectivity index (χ0n) is 19.2. The molecule has 1 aliphatic heterocycles. The number of piperazine rings is 1. The van der Waals surface area contributed by atoms with Gasteiger partial charge in [-0.05, 0) is 38.0 Å². The number of carbonyl (C=O) groups excluding carboxylic acids is 1. The number of fused-ring (bicyclic) bond motifs is 1. The molecule has 0 N–H and O–H groups in total. The van der Waals surface area contributed by atoms with E-state index < -0.39 is 0 Å². The average Bonchev–Trinajstić information content (AvgIpc) is 2.84. The lowest BCUT2D eigenvalue weighted by molar-refractivity contribution is 0.116. The molecule has 0 bridgehead atoms. The van der Waals surface area contributed by atoms with E-state index in [-0.39, 0.29) is 6.03 Å². The van der Waals surface area contributed by atoms with E-state index in [1.54, 1.807) is 12.0 Å². The van der Waals surface area contributed by atoms with Crippen molar-refractivity contribution in [2.24, 2.45) is 0 Å². The number of urea groups is 1. The second kappa shape index (κ2) is 10.0. The van der Waals surface area contributed by atoms with Crippen LogP contribution in [0.4, 0.5) is 10.5 Å². The predicted octanol–water partition coefficient (Wildman–Crippen LogP) is 4.44. The zero-order chi connectivity index (χ0) is 22.5. The number of amides is 2. The second-order valence-corrected chi connectivity index (χ2v) is 8.30. The third-order valence-electron chi connectivity index (χ3n) is 6.28. The highest BCUT2D eigenvalue weighted by molar-refractivity contribution is 5.96. The van der Waals surface area contributed by atoms with Gasteiger partial charge >= 0.3 is 6.03 Å². The summed E-state index contributed by atoms with van der Waals surface area (Å²) >= 11 is 0. The fraction of sp³-hybridized carbons (Fsp3) is 0.385. The minimum atomic E-state index is 0.0123. The van der Waals surface area contributed by atoms with Gasteiger partial charge in [-0.3, -0.25) is 9.80 Å². The summed E-state index contributed by atoms with van der Waals surface area (Å²) < 4.78 is 5.55. The minimum Gasteiger partial charge on any atom is -0.479 e. The van der Waals surface area contributed by atoms with Crippen molar-refractivity contribution in [2.45, 2.75) is 26.3 Å². The molecule has 1 fully saturated rings. The van der Waals surface area contributed by atoms with Crippen LogP contribution in [0, 0.1) is 0 Å². The number of hydrogen-bond donors (Lipinski definition) is 0. The molecule has 1 saturated heterocycles. The second-order valence-electron chi connectivity index (χ2n) is 8.30. The van der Waals surface area contributed by atoms with Gasteiger partial charge in [0.2, 0.25) is 5.88 Å². The first-order valence-electron chi connectivity index (χ1n) is 11.4. The molecule has 0 aliphatic carbocycles. The largest absolute Gasteiger partial charge is 0.479 e. The van der Waals surface area contributed by atoms with Gasteiger partial charge in [0.25, 0.3) is 0 Å². The van der Waals surface area contributed by atoms with Crippen molar-refractivity contribution in [1.82, 2.24) is 14.8 Å². The van der Waals surface area contributed by atoms with Gasteiger partial charge < -0.3 is 9.64 Å². The number of carbonyl (C=O) groups is 1. The maximum atomic E-state index is 13.5. The molecule has 1 atom stereocenters. The van der Waals surface area contributed by atoms with E-state index in [9.17, 15) is 4.79 Å². The van der Waals surface area contributed by atoms with E-state index in [4.69, 9.17) is 4.74 Å². The smallest absolute Gasteiger partial charge is 0.324 e. The van der Waals surface area contributed by atoms with Gasteiger partial charge in [0.1, 0.15) is 5.69 Å². The number of aromatic nitrogens is 1. The molecule has 4 rings (SSSR count). The molecule has 3 aromatic rings. The van der Waals surface area contributed by atoms with Crippen LogP contribution >= 0.6 is 0 Å². The Morgan fingerprint density at radius 2 is 1.75 bits per heavy atom. The van der Waals surface area contributed by atoms with Gasteiger partial charge in [-0.25, -0.2) is 9.78 Å². The Morgan fingerprint density at radius 3 is 2.44 bits per heavy atom. The van der Waals surface area contributed by atoms with Crippen LogP contribution in [0.2, 0.25) is 0 Å². The Bertz CT molecular complexity index is 1050. The Kier molecular flexibility index (Phi) is 6.90. The van der Waals surface area contributed by atoms with Gasteiger partial charge in [-0.15, -0.1) is 0 Å². The van der Waals surface area contributed by atoms with Crippen molar-refractivity contribution in [3.8, 4) is 5.88 Å². The van der Waals surface area contributed by atoms with Crippen LogP contribution in [0.25, 0.3) is 10.9 Å². The summed E-state index contributed by atoms with van der Waals surface area (Å²) in [7, 11) is 1.60. The number of hydrogen-bond acceptors (Lipinski definition) is 4. The lowest BCUT2D eigenvalue weighted by Gasteiger charge is -2.40. The number of rotatable bonds is 6. The molecule has 1 aliphatic rings. The van der Waals surface area contributed by atoms with Crippen LogP contribution in [0.3, 0.4) is 0 Å². The van der Waals surface area contributed by atoms with E-state index >= 15 is 0 Å². The van der Waals surface area contributed by atoms with Gasteiger partial charge in [0.15, 0.2) is 0 Å². The highest BCUT2D eigenvalue weighted by Crippen LogP contribution is 2.31. The number of anilines is 1. The van der Waals surface area contributed by atoms with Crippen LogP contribution < -0.4 is 9.64 Å². The van der Waals surface area contributed by atoms with Crippen molar-refractivity contribution in [3.63, 3.8) is 0 Å². The van der Waals surface area contributed by atoms with E-state index in [0.29, 0.717) is 18.5 Å². The van der Waals surface area contributed by atoms with Crippen molar-refractivity contribution >= 4 is 22.6 Å². The topological polar surface area (TPSA) is 48.9 Å². The molecule has 32 heavy (non-hydrogen) atoms. The molecule has 1 aromatic heterocycles. The number of pyridine rings is 1. The fourth-order valence-electron chi connectivity index (χ4n) is 4.45. The summed E-state index contributed by atoms with van der Waals surface area (Å²) in [5.41, 5.74) is 2.93. The van der Waals surface area contributed by atoms with Crippen LogP contribution in [-0.2, 0) is 6.42 Å². The maximum absolute atomic E-state index is 13.5. The van der Waals surface area contributed by atoms with Crippen molar-refractivity contribution in [2.75, 3.05) is 44.7 Å². The summed E-state index contributed by atoms with van der Waals surface area (Å²) in [6, 6.07) is 21.0. The highest BCUT2D eigenvalue weighted by atomic mass is 16.5. The lowest BCUT2D eigenvalue weighted by Crippen LogP contribution is -2.55. The van der Waals surface area contributed by atoms with Crippen LogP contribution in [0.1, 0.15) is 19.4 Å². The molecule has 0 spiro atoms. The molecule has 1 unspecified atom stereocenters. The average molecular weight is 433 g/mol. The van der Waals surface area contributed by atoms with Gasteiger partial charge in [-0.2, -0.15) is 0 Å². The molecular weight excluding hydrogens is 400 g/mol. The Labute approximate surface area is 190 Å². The number of methoxy groups -OCH3 is 1. The highest BCUT2D eigenvalue weighted by Gasteiger charge is 2.29. The number of benzene rings is 2. The van der Waals surface area contributed by atoms with Gasteiger partial charge in [0.05, 0.1) is 12.6 Å². The molecule has 0 saturated carbocycles. The molecule has 2 aromatic carbocycles. The maximum Gasteiger partial charge on any atom is 0.324 e. The summed E-state index contributed by atoms with van der Waals surface area (Å²) in [5.74, 6) is 0.481. The monoisotopic (exact) mass is 432 g/mol. The molecule has 2 amide bonds. The molecule has 6 heteroatoms. The van der Waals surface area contributed by atoms with E-state index in [1.807, 2.05) is 42.2 Å². The number of para-hydroxylation sites is 1. The fourth-order valence-corrected chi connectivity index (χ4v) is 4.45. The van der Waals surface area contributed by atoms with E-state index in [2.05, 4.69) is 47.1 Å². The first-order chi connectivity index (χ1) is 15.6. The standard InChI is InChI=1S/C26H32N4O2/c1-4-30(24-19-22-12-8-9-13-23(22)27-25(24)32-3)26(31)29-16-14-28(15-17-29)20(2)18-21-10-6-5-7-11-21/h5-13,19-20H,4,14-18H2,1-3H3. The summed E-state index contributed by atoms with van der Waals surface area (Å²) in [4.78, 5) is 24.3. The zero-order valence-corrected chi connectivity index (χ0v) is 19.2. The normalized spacial score (nSPS) is 15.5. The Hall–Kier alpha value is -3.12. The number of ether oxygens (including phenoxy) is 1. The van der Waals surface area contributed by atoms with Crippen molar-refractivity contribution in [3.05, 3.63) is 66.2 Å². The molecule has 168 valence electrons. The predicted molar refractivity (Wildman–Crippen MR) is 129 cm³/mol. The summed E-state index contributed by atoms with van der Waals surface area (Å²) in [5, 5.41) is 0.995. The summed E-state index contributed by atoms with van der Waals surface area (Å²) in [6.45, 7) is 8.02. The van der Waals surface area contributed by atoms with Crippen molar-refractivity contribution in [1.29, 1.82) is 0 Å². The molecule has 2 heterocycles. The number of nitrogens with zero attached hydrogens (tertiary/aromatic N) is 4. The SMILES string of the molecule is CCN(C(=O)N1CCN(C(C)Cc2ccccc2)CC1)c1cc2ccccc2nc1OC. The third kappa shape index (κ3) is 4.70. The quantitative estimate of drug-likeness (QED) is 0.578. The van der Waals surface area contributed by atoms with Gasteiger partial charge in [0, 0.05) is 44.2 Å². The van der Waals surface area contributed by atoms with E-state index in [1.165, 1.54) is 5.56 Å². The lowest BCUT2D eigenvalue weighted by atomic mass is 10.1. The minimum absolute atomic E-state index is 0.0123. The molecule has 0 radical (unpaired) electrons. The summed E-state index contributed by atoms with van der Waals surface area (Å²) in [6.07, 6.45) is 1.02. The first kappa shape index (κ1) is 22.1. The molecular formula is C26H32N4O2. The first-order valence-corrected chi connectivity index (χ1v) is 11.4. The van der Waals surface area contributed by atoms with Crippen LogP contribution in [0.15, 0.2) is 60.7 Å².